The minimum absolute atomic E-state index is 0.777. The van der Waals surface area contributed by atoms with Crippen molar-refractivity contribution in [1.29, 1.82) is 0 Å². The van der Waals surface area contributed by atoms with E-state index < -0.39 is 0 Å². The SMILES string of the molecule is Clc1cc(Br)ccc1CC1CNC1. The number of nitrogens with one attached hydrogen (secondary N) is 1. The van der Waals surface area contributed by atoms with Crippen LogP contribution in [0.4, 0.5) is 0 Å². The van der Waals surface area contributed by atoms with Gasteiger partial charge in [-0.15, -0.1) is 0 Å². The molecule has 1 N–H and O–H groups in total. The molecule has 1 aromatic rings. The summed E-state index contributed by atoms with van der Waals surface area (Å²) in [5.41, 5.74) is 1.26. The normalized spacial score (nSPS) is 17.1. The van der Waals surface area contributed by atoms with Crippen LogP contribution in [-0.4, -0.2) is 13.1 Å². The lowest BCUT2D eigenvalue weighted by Gasteiger charge is -2.27. The van der Waals surface area contributed by atoms with Gasteiger partial charge in [-0.25, -0.2) is 0 Å². The van der Waals surface area contributed by atoms with E-state index in [0.29, 0.717) is 0 Å². The van der Waals surface area contributed by atoms with Gasteiger partial charge in [0.1, 0.15) is 0 Å². The predicted octanol–water partition coefficient (Wildman–Crippen LogP) is 2.86. The van der Waals surface area contributed by atoms with Gasteiger partial charge in [0.05, 0.1) is 0 Å². The molecule has 1 heterocycles. The van der Waals surface area contributed by atoms with E-state index in [2.05, 4.69) is 27.3 Å². The second kappa shape index (κ2) is 3.99. The molecular weight excluding hydrogens is 249 g/mol. The summed E-state index contributed by atoms with van der Waals surface area (Å²) in [4.78, 5) is 0. The molecule has 0 bridgehead atoms. The first-order valence-electron chi connectivity index (χ1n) is 4.40. The third kappa shape index (κ3) is 2.25. The van der Waals surface area contributed by atoms with E-state index in [0.717, 1.165) is 34.9 Å². The van der Waals surface area contributed by atoms with Crippen LogP contribution in [0.2, 0.25) is 5.02 Å². The molecule has 1 aliphatic heterocycles. The van der Waals surface area contributed by atoms with Crippen LogP contribution >= 0.6 is 27.5 Å². The number of hydrogen-bond donors (Lipinski definition) is 1. The molecule has 70 valence electrons. The summed E-state index contributed by atoms with van der Waals surface area (Å²) in [5.74, 6) is 0.777. The van der Waals surface area contributed by atoms with E-state index in [4.69, 9.17) is 11.6 Å². The van der Waals surface area contributed by atoms with Crippen molar-refractivity contribution in [2.75, 3.05) is 13.1 Å². The van der Waals surface area contributed by atoms with Crippen molar-refractivity contribution >= 4 is 27.5 Å². The smallest absolute Gasteiger partial charge is 0.0449 e. The second-order valence-corrected chi connectivity index (χ2v) is 4.79. The molecule has 1 aliphatic rings. The van der Waals surface area contributed by atoms with E-state index in [1.807, 2.05) is 12.1 Å². The van der Waals surface area contributed by atoms with Crippen LogP contribution < -0.4 is 5.32 Å². The van der Waals surface area contributed by atoms with Crippen LogP contribution in [0.5, 0.6) is 0 Å². The Morgan fingerprint density at radius 1 is 1.46 bits per heavy atom. The molecule has 1 nitrogen and oxygen atoms in total. The molecule has 1 aromatic carbocycles. The quantitative estimate of drug-likeness (QED) is 0.862. The lowest BCUT2D eigenvalue weighted by molar-refractivity contribution is 0.346. The maximum Gasteiger partial charge on any atom is 0.0449 e. The Balaban J connectivity index is 2.10. The van der Waals surface area contributed by atoms with Crippen molar-refractivity contribution in [2.24, 2.45) is 5.92 Å². The molecule has 3 heteroatoms. The van der Waals surface area contributed by atoms with Crippen molar-refractivity contribution in [3.63, 3.8) is 0 Å². The maximum absolute atomic E-state index is 6.10. The highest BCUT2D eigenvalue weighted by atomic mass is 79.9. The van der Waals surface area contributed by atoms with Gasteiger partial charge in [-0.2, -0.15) is 0 Å². The molecule has 2 rings (SSSR count). The van der Waals surface area contributed by atoms with Gasteiger partial charge in [-0.3, -0.25) is 0 Å². The first-order chi connectivity index (χ1) is 6.25. The van der Waals surface area contributed by atoms with Crippen molar-refractivity contribution in [3.8, 4) is 0 Å². The van der Waals surface area contributed by atoms with Gasteiger partial charge in [0.25, 0.3) is 0 Å². The lowest BCUT2D eigenvalue weighted by atomic mass is 9.94. The first-order valence-corrected chi connectivity index (χ1v) is 5.57. The molecule has 1 saturated heterocycles. The Kier molecular flexibility index (Phi) is 2.92. The first kappa shape index (κ1) is 9.50. The average molecular weight is 261 g/mol. The fraction of sp³-hybridized carbons (Fsp3) is 0.400. The second-order valence-electron chi connectivity index (χ2n) is 3.46. The number of benzene rings is 1. The average Bonchev–Trinajstić information content (AvgIpc) is 1.99. The maximum atomic E-state index is 6.10. The Morgan fingerprint density at radius 2 is 2.23 bits per heavy atom. The van der Waals surface area contributed by atoms with Crippen molar-refractivity contribution in [1.82, 2.24) is 5.32 Å². The summed E-state index contributed by atoms with van der Waals surface area (Å²) in [6.45, 7) is 2.26. The Hall–Kier alpha value is -0.0500. The Morgan fingerprint density at radius 3 is 2.77 bits per heavy atom. The summed E-state index contributed by atoms with van der Waals surface area (Å²) in [6, 6.07) is 6.11. The molecule has 13 heavy (non-hydrogen) atoms. The van der Waals surface area contributed by atoms with Crippen molar-refractivity contribution in [2.45, 2.75) is 6.42 Å². The van der Waals surface area contributed by atoms with Crippen LogP contribution in [0, 0.1) is 5.92 Å². The Labute approximate surface area is 91.6 Å². The van der Waals surface area contributed by atoms with E-state index in [-0.39, 0.29) is 0 Å². The van der Waals surface area contributed by atoms with E-state index in [9.17, 15) is 0 Å². The van der Waals surface area contributed by atoms with Gasteiger partial charge in [0.2, 0.25) is 0 Å². The predicted molar refractivity (Wildman–Crippen MR) is 59.2 cm³/mol. The van der Waals surface area contributed by atoms with Crippen LogP contribution in [0.15, 0.2) is 22.7 Å². The molecule has 0 saturated carbocycles. The van der Waals surface area contributed by atoms with Crippen LogP contribution in [0.3, 0.4) is 0 Å². The van der Waals surface area contributed by atoms with E-state index in [1.165, 1.54) is 5.56 Å². The summed E-state index contributed by atoms with van der Waals surface area (Å²) in [5, 5.41) is 4.14. The minimum atomic E-state index is 0.777. The van der Waals surface area contributed by atoms with Crippen molar-refractivity contribution in [3.05, 3.63) is 33.3 Å². The number of rotatable bonds is 2. The monoisotopic (exact) mass is 259 g/mol. The van der Waals surface area contributed by atoms with Crippen LogP contribution in [0.25, 0.3) is 0 Å². The summed E-state index contributed by atoms with van der Waals surface area (Å²) in [6.07, 6.45) is 1.10. The Bertz CT molecular complexity index is 310. The highest BCUT2D eigenvalue weighted by Crippen LogP contribution is 2.24. The largest absolute Gasteiger partial charge is 0.316 e. The molecule has 1 fully saturated rings. The van der Waals surface area contributed by atoms with Gasteiger partial charge in [0, 0.05) is 9.50 Å². The molecule has 0 aromatic heterocycles. The highest BCUT2D eigenvalue weighted by Gasteiger charge is 2.17. The molecule has 0 aliphatic carbocycles. The summed E-state index contributed by atoms with van der Waals surface area (Å²) < 4.78 is 1.05. The van der Waals surface area contributed by atoms with E-state index in [1.54, 1.807) is 0 Å². The molecule has 0 atom stereocenters. The summed E-state index contributed by atoms with van der Waals surface area (Å²) in [7, 11) is 0. The molecule has 0 spiro atoms. The van der Waals surface area contributed by atoms with Gasteiger partial charge in [0.15, 0.2) is 0 Å². The van der Waals surface area contributed by atoms with Gasteiger partial charge in [-0.05, 0) is 43.1 Å². The number of halogens is 2. The standard InChI is InChI=1S/C10H11BrClN/c11-9-2-1-8(10(12)4-9)3-7-5-13-6-7/h1-2,4,7,13H,3,5-6H2. The zero-order valence-corrected chi connectivity index (χ0v) is 9.53. The topological polar surface area (TPSA) is 12.0 Å². The molecule has 0 unspecified atom stereocenters. The van der Waals surface area contributed by atoms with Gasteiger partial charge < -0.3 is 5.32 Å². The minimum Gasteiger partial charge on any atom is -0.316 e. The van der Waals surface area contributed by atoms with E-state index >= 15 is 0 Å². The summed E-state index contributed by atoms with van der Waals surface area (Å²) >= 11 is 9.50. The lowest BCUT2D eigenvalue weighted by Crippen LogP contribution is -2.43. The van der Waals surface area contributed by atoms with Crippen molar-refractivity contribution < 1.29 is 0 Å². The third-order valence-electron chi connectivity index (χ3n) is 2.39. The fourth-order valence-corrected chi connectivity index (χ4v) is 2.24. The molecule has 0 radical (unpaired) electrons. The number of hydrogen-bond acceptors (Lipinski definition) is 1. The third-order valence-corrected chi connectivity index (χ3v) is 3.23. The zero-order valence-electron chi connectivity index (χ0n) is 7.19. The van der Waals surface area contributed by atoms with Crippen LogP contribution in [-0.2, 0) is 6.42 Å². The highest BCUT2D eigenvalue weighted by molar-refractivity contribution is 9.10. The van der Waals surface area contributed by atoms with Gasteiger partial charge in [-0.1, -0.05) is 33.6 Å². The molecular formula is C10H11BrClN. The van der Waals surface area contributed by atoms with Gasteiger partial charge >= 0.3 is 0 Å². The molecule has 0 amide bonds. The zero-order chi connectivity index (χ0) is 9.26. The fourth-order valence-electron chi connectivity index (χ4n) is 1.49. The van der Waals surface area contributed by atoms with Crippen LogP contribution in [0.1, 0.15) is 5.56 Å².